The fraction of sp³-hybridized carbons (Fsp3) is 0.636. The summed E-state index contributed by atoms with van der Waals surface area (Å²) in [5, 5.41) is 1.25. The Kier molecular flexibility index (Phi) is 3.73. The molecule has 2 unspecified atom stereocenters. The van der Waals surface area contributed by atoms with Crippen LogP contribution in [0.25, 0.3) is 0 Å². The largest absolute Gasteiger partial charge is 0.354 e. The van der Waals surface area contributed by atoms with Gasteiger partial charge in [0.15, 0.2) is 0 Å². The molecule has 94 valence electrons. The van der Waals surface area contributed by atoms with Gasteiger partial charge < -0.3 is 10.3 Å². The van der Waals surface area contributed by atoms with E-state index in [2.05, 4.69) is 34.1 Å². The monoisotopic (exact) mass is 253 g/mol. The number of nitrogens with two attached hydrogens (primary N) is 1. The molecule has 2 rings (SSSR count). The third kappa shape index (κ3) is 2.63. The molecule has 2 heterocycles. The van der Waals surface area contributed by atoms with Crippen molar-refractivity contribution in [2.24, 2.45) is 5.84 Å². The Labute approximate surface area is 106 Å². The van der Waals surface area contributed by atoms with Crippen LogP contribution in [0.2, 0.25) is 0 Å². The smallest absolute Gasteiger partial charge is 0.148 e. The zero-order valence-corrected chi connectivity index (χ0v) is 11.3. The second-order valence-electron chi connectivity index (χ2n) is 4.48. The summed E-state index contributed by atoms with van der Waals surface area (Å²) in [6.07, 6.45) is 1.56. The number of anilines is 2. The molecule has 2 atom stereocenters. The molecule has 0 aromatic carbocycles. The predicted octanol–water partition coefficient (Wildman–Crippen LogP) is 1.40. The topological polar surface area (TPSA) is 67.1 Å². The van der Waals surface area contributed by atoms with Crippen LogP contribution in [-0.2, 0) is 0 Å². The Morgan fingerprint density at radius 1 is 1.35 bits per heavy atom. The molecule has 1 saturated heterocycles. The van der Waals surface area contributed by atoms with Crippen LogP contribution in [0, 0.1) is 6.92 Å². The molecule has 0 radical (unpaired) electrons. The molecular formula is C11H19N5S. The summed E-state index contributed by atoms with van der Waals surface area (Å²) in [5.41, 5.74) is 3.63. The first-order valence-electron chi connectivity index (χ1n) is 5.80. The van der Waals surface area contributed by atoms with E-state index in [1.54, 1.807) is 6.33 Å². The summed E-state index contributed by atoms with van der Waals surface area (Å²) in [7, 11) is 0. The first-order valence-corrected chi connectivity index (χ1v) is 6.74. The lowest BCUT2D eigenvalue weighted by molar-refractivity contribution is 0.714. The number of thioether (sulfide) groups is 1. The van der Waals surface area contributed by atoms with Crippen LogP contribution < -0.4 is 16.2 Å². The van der Waals surface area contributed by atoms with Crippen molar-refractivity contribution in [3.8, 4) is 0 Å². The van der Waals surface area contributed by atoms with Gasteiger partial charge in [-0.15, -0.1) is 0 Å². The molecular weight excluding hydrogens is 234 g/mol. The van der Waals surface area contributed by atoms with E-state index in [1.807, 2.05) is 18.7 Å². The molecule has 0 spiro atoms. The van der Waals surface area contributed by atoms with Gasteiger partial charge in [-0.1, -0.05) is 13.8 Å². The lowest BCUT2D eigenvalue weighted by Gasteiger charge is -2.36. The normalized spacial score (nSPS) is 24.8. The van der Waals surface area contributed by atoms with E-state index in [4.69, 9.17) is 5.84 Å². The molecule has 1 aromatic rings. The highest BCUT2D eigenvalue weighted by Gasteiger charge is 2.24. The number of rotatable bonds is 2. The summed E-state index contributed by atoms with van der Waals surface area (Å²) < 4.78 is 0. The van der Waals surface area contributed by atoms with Crippen molar-refractivity contribution < 1.29 is 0 Å². The van der Waals surface area contributed by atoms with Crippen LogP contribution >= 0.6 is 11.8 Å². The van der Waals surface area contributed by atoms with Crippen molar-refractivity contribution >= 4 is 23.4 Å². The second kappa shape index (κ2) is 5.10. The first-order chi connectivity index (χ1) is 8.11. The Bertz CT molecular complexity index is 387. The van der Waals surface area contributed by atoms with Gasteiger partial charge in [-0.05, 0) is 6.92 Å². The van der Waals surface area contributed by atoms with Crippen LogP contribution in [0.3, 0.4) is 0 Å². The van der Waals surface area contributed by atoms with E-state index in [1.165, 1.54) is 0 Å². The number of nitrogen functional groups attached to an aromatic ring is 1. The van der Waals surface area contributed by atoms with E-state index in [0.717, 1.165) is 24.5 Å². The molecule has 0 bridgehead atoms. The number of nitrogens with one attached hydrogen (secondary N) is 1. The van der Waals surface area contributed by atoms with Crippen molar-refractivity contribution in [3.63, 3.8) is 0 Å². The maximum Gasteiger partial charge on any atom is 0.148 e. The van der Waals surface area contributed by atoms with Gasteiger partial charge in [0.05, 0.1) is 0 Å². The molecule has 1 aliphatic heterocycles. The number of hydrazine groups is 1. The second-order valence-corrected chi connectivity index (χ2v) is 6.36. The Morgan fingerprint density at radius 2 is 2.00 bits per heavy atom. The lowest BCUT2D eigenvalue weighted by Crippen LogP contribution is -2.41. The minimum atomic E-state index is 0.627. The van der Waals surface area contributed by atoms with E-state index >= 15 is 0 Å². The van der Waals surface area contributed by atoms with Crippen LogP contribution in [0.4, 0.5) is 11.6 Å². The Hall–Kier alpha value is -1.01. The summed E-state index contributed by atoms with van der Waals surface area (Å²) in [6.45, 7) is 8.56. The van der Waals surface area contributed by atoms with Gasteiger partial charge in [-0.2, -0.15) is 11.8 Å². The van der Waals surface area contributed by atoms with Gasteiger partial charge in [-0.25, -0.2) is 15.8 Å². The highest BCUT2D eigenvalue weighted by atomic mass is 32.2. The fourth-order valence-corrected chi connectivity index (χ4v) is 3.58. The molecule has 0 amide bonds. The van der Waals surface area contributed by atoms with Crippen molar-refractivity contribution in [1.82, 2.24) is 9.97 Å². The third-order valence-corrected chi connectivity index (χ3v) is 4.14. The number of hydrogen-bond donors (Lipinski definition) is 2. The molecule has 3 N–H and O–H groups in total. The average molecular weight is 253 g/mol. The summed E-state index contributed by atoms with van der Waals surface area (Å²) in [5.74, 6) is 7.14. The molecule has 1 aliphatic rings. The van der Waals surface area contributed by atoms with Crippen LogP contribution in [0.15, 0.2) is 6.33 Å². The maximum atomic E-state index is 5.44. The first kappa shape index (κ1) is 12.4. The molecule has 1 aromatic heterocycles. The molecule has 6 heteroatoms. The number of aromatic nitrogens is 2. The summed E-state index contributed by atoms with van der Waals surface area (Å²) in [6, 6.07) is 0. The quantitative estimate of drug-likeness (QED) is 0.613. The standard InChI is InChI=1S/C11H19N5S/c1-7-4-16(5-8(2)17-7)11-9(3)10(15-12)13-6-14-11/h6-8H,4-5,12H2,1-3H3,(H,13,14,15). The minimum absolute atomic E-state index is 0.627. The van der Waals surface area contributed by atoms with E-state index in [-0.39, 0.29) is 0 Å². The average Bonchev–Trinajstić information content (AvgIpc) is 2.28. The van der Waals surface area contributed by atoms with Crippen molar-refractivity contribution in [2.45, 2.75) is 31.3 Å². The van der Waals surface area contributed by atoms with Gasteiger partial charge in [0, 0.05) is 29.2 Å². The number of nitrogens with zero attached hydrogens (tertiary/aromatic N) is 3. The zero-order chi connectivity index (χ0) is 12.4. The highest BCUT2D eigenvalue weighted by Crippen LogP contribution is 2.30. The van der Waals surface area contributed by atoms with E-state index in [9.17, 15) is 0 Å². The lowest BCUT2D eigenvalue weighted by atomic mass is 10.2. The van der Waals surface area contributed by atoms with Crippen molar-refractivity contribution in [1.29, 1.82) is 0 Å². The summed E-state index contributed by atoms with van der Waals surface area (Å²) in [4.78, 5) is 10.8. The third-order valence-electron chi connectivity index (χ3n) is 2.91. The molecule has 1 fully saturated rings. The summed E-state index contributed by atoms with van der Waals surface area (Å²) >= 11 is 2.03. The predicted molar refractivity (Wildman–Crippen MR) is 73.3 cm³/mol. The van der Waals surface area contributed by atoms with Gasteiger partial charge >= 0.3 is 0 Å². The molecule has 5 nitrogen and oxygen atoms in total. The zero-order valence-electron chi connectivity index (χ0n) is 10.5. The molecule has 0 saturated carbocycles. The SMILES string of the molecule is Cc1c(NN)ncnc1N1CC(C)SC(C)C1. The van der Waals surface area contributed by atoms with Gasteiger partial charge in [0.25, 0.3) is 0 Å². The van der Waals surface area contributed by atoms with Crippen LogP contribution in [-0.4, -0.2) is 33.6 Å². The highest BCUT2D eigenvalue weighted by molar-refractivity contribution is 8.00. The van der Waals surface area contributed by atoms with Crippen molar-refractivity contribution in [3.05, 3.63) is 11.9 Å². The van der Waals surface area contributed by atoms with Crippen molar-refractivity contribution in [2.75, 3.05) is 23.4 Å². The van der Waals surface area contributed by atoms with Crippen LogP contribution in [0.5, 0.6) is 0 Å². The van der Waals surface area contributed by atoms with Gasteiger partial charge in [0.1, 0.15) is 18.0 Å². The Balaban J connectivity index is 2.27. The Morgan fingerprint density at radius 3 is 2.59 bits per heavy atom. The minimum Gasteiger partial charge on any atom is -0.354 e. The molecule has 0 aliphatic carbocycles. The molecule has 17 heavy (non-hydrogen) atoms. The van der Waals surface area contributed by atoms with E-state index < -0.39 is 0 Å². The van der Waals surface area contributed by atoms with Crippen LogP contribution in [0.1, 0.15) is 19.4 Å². The van der Waals surface area contributed by atoms with E-state index in [0.29, 0.717) is 16.3 Å². The van der Waals surface area contributed by atoms with Gasteiger partial charge in [0.2, 0.25) is 0 Å². The maximum absolute atomic E-state index is 5.44. The fourth-order valence-electron chi connectivity index (χ4n) is 2.26. The van der Waals surface area contributed by atoms with Gasteiger partial charge in [-0.3, -0.25) is 0 Å². The number of hydrogen-bond acceptors (Lipinski definition) is 6.